The summed E-state index contributed by atoms with van der Waals surface area (Å²) in [6.07, 6.45) is 1.60. The highest BCUT2D eigenvalue weighted by molar-refractivity contribution is 9.10. The van der Waals surface area contributed by atoms with E-state index in [1.165, 1.54) is 0 Å². The van der Waals surface area contributed by atoms with Gasteiger partial charge in [-0.15, -0.1) is 0 Å². The molecule has 5 heteroatoms. The van der Waals surface area contributed by atoms with Crippen molar-refractivity contribution in [1.82, 2.24) is 4.90 Å². The van der Waals surface area contributed by atoms with Gasteiger partial charge in [-0.25, -0.2) is 0 Å². The average molecular weight is 308 g/mol. The molecular weight excluding hydrogens is 294 g/mol. The highest BCUT2D eigenvalue weighted by Gasteiger charge is 2.09. The van der Waals surface area contributed by atoms with Crippen LogP contribution in [0.1, 0.15) is 0 Å². The van der Waals surface area contributed by atoms with Gasteiger partial charge in [0.05, 0.1) is 0 Å². The maximum absolute atomic E-state index is 11.8. The molecule has 1 N–H and O–H groups in total. The minimum Gasteiger partial charge on any atom is -0.321 e. The normalized spacial score (nSPS) is 11.2. The summed E-state index contributed by atoms with van der Waals surface area (Å²) in [7, 11) is 3.75. The Kier molecular flexibility index (Phi) is 5.56. The number of nitriles is 1. The van der Waals surface area contributed by atoms with Crippen LogP contribution in [0.15, 0.2) is 40.4 Å². The molecule has 0 fully saturated rings. The van der Waals surface area contributed by atoms with Crippen LogP contribution in [0.4, 0.5) is 5.69 Å². The number of hydrogen-bond donors (Lipinski definition) is 1. The van der Waals surface area contributed by atoms with Gasteiger partial charge in [0.1, 0.15) is 11.6 Å². The van der Waals surface area contributed by atoms with Gasteiger partial charge in [0.15, 0.2) is 0 Å². The van der Waals surface area contributed by atoms with Crippen molar-refractivity contribution in [3.63, 3.8) is 0 Å². The van der Waals surface area contributed by atoms with E-state index in [1.54, 1.807) is 18.2 Å². The molecule has 18 heavy (non-hydrogen) atoms. The molecule has 1 amide bonds. The number of halogens is 1. The van der Waals surface area contributed by atoms with E-state index in [1.807, 2.05) is 37.2 Å². The first-order chi connectivity index (χ1) is 8.52. The number of rotatable bonds is 4. The molecule has 0 aliphatic carbocycles. The number of hydrogen-bond acceptors (Lipinski definition) is 3. The predicted octanol–water partition coefficient (Wildman–Crippen LogP) is 2.40. The Morgan fingerprint density at radius 3 is 2.83 bits per heavy atom. The molecule has 94 valence electrons. The molecule has 1 aromatic rings. The van der Waals surface area contributed by atoms with Crippen LogP contribution >= 0.6 is 15.9 Å². The quantitative estimate of drug-likeness (QED) is 0.686. The SMILES string of the molecule is CN(C)CC=C(C#N)C(=O)Nc1cccc(Br)c1. The van der Waals surface area contributed by atoms with Gasteiger partial charge in [-0.3, -0.25) is 4.79 Å². The van der Waals surface area contributed by atoms with Gasteiger partial charge in [0, 0.05) is 16.7 Å². The zero-order chi connectivity index (χ0) is 13.5. The van der Waals surface area contributed by atoms with Crippen molar-refractivity contribution in [2.45, 2.75) is 0 Å². The highest BCUT2D eigenvalue weighted by Crippen LogP contribution is 2.16. The molecule has 0 aliphatic heterocycles. The Bertz CT molecular complexity index is 503. The number of carbonyl (C=O) groups is 1. The molecule has 0 aromatic heterocycles. The first-order valence-electron chi connectivity index (χ1n) is 5.35. The van der Waals surface area contributed by atoms with Gasteiger partial charge < -0.3 is 10.2 Å². The van der Waals surface area contributed by atoms with Crippen LogP contribution in [0.2, 0.25) is 0 Å². The lowest BCUT2D eigenvalue weighted by Gasteiger charge is -2.07. The topological polar surface area (TPSA) is 56.1 Å². The number of likely N-dealkylation sites (N-methyl/N-ethyl adjacent to an activating group) is 1. The summed E-state index contributed by atoms with van der Waals surface area (Å²) in [6.45, 7) is 0.550. The molecule has 0 atom stereocenters. The Balaban J connectivity index is 2.75. The van der Waals surface area contributed by atoms with Crippen LogP contribution in [0.25, 0.3) is 0 Å². The molecule has 0 bridgehead atoms. The van der Waals surface area contributed by atoms with Crippen molar-refractivity contribution in [3.8, 4) is 6.07 Å². The summed E-state index contributed by atoms with van der Waals surface area (Å²) >= 11 is 3.32. The monoisotopic (exact) mass is 307 g/mol. The second-order valence-electron chi connectivity index (χ2n) is 3.96. The second-order valence-corrected chi connectivity index (χ2v) is 4.87. The third kappa shape index (κ3) is 4.70. The van der Waals surface area contributed by atoms with E-state index in [4.69, 9.17) is 5.26 Å². The van der Waals surface area contributed by atoms with Crippen molar-refractivity contribution < 1.29 is 4.79 Å². The summed E-state index contributed by atoms with van der Waals surface area (Å²) in [6, 6.07) is 9.13. The third-order valence-electron chi connectivity index (χ3n) is 2.11. The fourth-order valence-corrected chi connectivity index (χ4v) is 1.63. The lowest BCUT2D eigenvalue weighted by Crippen LogP contribution is -2.17. The van der Waals surface area contributed by atoms with Crippen molar-refractivity contribution in [3.05, 3.63) is 40.4 Å². The highest BCUT2D eigenvalue weighted by atomic mass is 79.9. The minimum absolute atomic E-state index is 0.115. The van der Waals surface area contributed by atoms with Gasteiger partial charge in [-0.05, 0) is 38.4 Å². The smallest absolute Gasteiger partial charge is 0.266 e. The van der Waals surface area contributed by atoms with Crippen LogP contribution < -0.4 is 5.32 Å². The van der Waals surface area contributed by atoms with Crippen molar-refractivity contribution in [1.29, 1.82) is 5.26 Å². The molecule has 0 saturated heterocycles. The van der Waals surface area contributed by atoms with E-state index in [0.717, 1.165) is 4.47 Å². The first kappa shape index (κ1) is 14.4. The number of nitrogens with zero attached hydrogens (tertiary/aromatic N) is 2. The molecule has 0 aliphatic rings. The number of benzene rings is 1. The fraction of sp³-hybridized carbons (Fsp3) is 0.231. The Hall–Kier alpha value is -1.64. The van der Waals surface area contributed by atoms with Crippen LogP contribution in [0.3, 0.4) is 0 Å². The van der Waals surface area contributed by atoms with E-state index < -0.39 is 5.91 Å². The average Bonchev–Trinajstić information content (AvgIpc) is 2.29. The summed E-state index contributed by atoms with van der Waals surface area (Å²) in [5.41, 5.74) is 0.768. The number of carbonyl (C=O) groups excluding carboxylic acids is 1. The molecule has 0 radical (unpaired) electrons. The number of amides is 1. The van der Waals surface area contributed by atoms with Crippen LogP contribution in [-0.2, 0) is 4.79 Å². The predicted molar refractivity (Wildman–Crippen MR) is 75.0 cm³/mol. The number of nitrogens with one attached hydrogen (secondary N) is 1. The zero-order valence-electron chi connectivity index (χ0n) is 10.3. The summed E-state index contributed by atoms with van der Waals surface area (Å²) < 4.78 is 0.871. The Morgan fingerprint density at radius 2 is 2.28 bits per heavy atom. The molecule has 4 nitrogen and oxygen atoms in total. The van der Waals surface area contributed by atoms with Gasteiger partial charge in [0.25, 0.3) is 5.91 Å². The van der Waals surface area contributed by atoms with E-state index in [-0.39, 0.29) is 5.57 Å². The lowest BCUT2D eigenvalue weighted by atomic mass is 10.2. The zero-order valence-corrected chi connectivity index (χ0v) is 11.9. The van der Waals surface area contributed by atoms with Gasteiger partial charge in [-0.1, -0.05) is 22.0 Å². The maximum Gasteiger partial charge on any atom is 0.266 e. The molecule has 0 unspecified atom stereocenters. The Morgan fingerprint density at radius 1 is 1.56 bits per heavy atom. The van der Waals surface area contributed by atoms with Crippen molar-refractivity contribution in [2.75, 3.05) is 26.0 Å². The third-order valence-corrected chi connectivity index (χ3v) is 2.60. The maximum atomic E-state index is 11.8. The molecule has 0 heterocycles. The molecule has 1 aromatic carbocycles. The molecule has 1 rings (SSSR count). The van der Waals surface area contributed by atoms with Crippen LogP contribution in [0, 0.1) is 11.3 Å². The lowest BCUT2D eigenvalue weighted by molar-refractivity contribution is -0.112. The van der Waals surface area contributed by atoms with Crippen LogP contribution in [0.5, 0.6) is 0 Å². The fourth-order valence-electron chi connectivity index (χ4n) is 1.23. The van der Waals surface area contributed by atoms with Gasteiger partial charge in [0.2, 0.25) is 0 Å². The van der Waals surface area contributed by atoms with Crippen LogP contribution in [-0.4, -0.2) is 31.4 Å². The minimum atomic E-state index is -0.391. The Labute approximate surface area is 115 Å². The standard InChI is InChI=1S/C13H14BrN3O/c1-17(2)7-6-10(9-15)13(18)16-12-5-3-4-11(14)8-12/h3-6,8H,7H2,1-2H3,(H,16,18). The van der Waals surface area contributed by atoms with E-state index in [0.29, 0.717) is 12.2 Å². The summed E-state index contributed by atoms with van der Waals surface area (Å²) in [5, 5.41) is 11.6. The number of anilines is 1. The molecule has 0 saturated carbocycles. The van der Waals surface area contributed by atoms with E-state index >= 15 is 0 Å². The summed E-state index contributed by atoms with van der Waals surface area (Å²) in [5.74, 6) is -0.391. The molecular formula is C13H14BrN3O. The van der Waals surface area contributed by atoms with Crippen molar-refractivity contribution >= 4 is 27.5 Å². The molecule has 0 spiro atoms. The first-order valence-corrected chi connectivity index (χ1v) is 6.14. The second kappa shape index (κ2) is 6.94. The van der Waals surface area contributed by atoms with Crippen molar-refractivity contribution in [2.24, 2.45) is 0 Å². The van der Waals surface area contributed by atoms with Gasteiger partial charge >= 0.3 is 0 Å². The van der Waals surface area contributed by atoms with Gasteiger partial charge in [-0.2, -0.15) is 5.26 Å². The van der Waals surface area contributed by atoms with E-state index in [9.17, 15) is 4.79 Å². The summed E-state index contributed by atoms with van der Waals surface area (Å²) in [4.78, 5) is 13.7. The largest absolute Gasteiger partial charge is 0.321 e. The van der Waals surface area contributed by atoms with E-state index in [2.05, 4.69) is 21.2 Å².